The normalized spacial score (nSPS) is 12.5. The summed E-state index contributed by atoms with van der Waals surface area (Å²) in [6.45, 7) is 0. The number of rotatable bonds is 18. The van der Waals surface area contributed by atoms with Crippen LogP contribution in [0.3, 0.4) is 0 Å². The average molecular weight is 836 g/mol. The summed E-state index contributed by atoms with van der Waals surface area (Å²) in [5, 5.41) is 13.2. The molecule has 0 heterocycles. The van der Waals surface area contributed by atoms with Crippen LogP contribution >= 0.6 is 28.8 Å². The number of benzene rings is 4. The molecule has 0 bridgehead atoms. The van der Waals surface area contributed by atoms with Crippen molar-refractivity contribution in [1.29, 1.82) is 0 Å². The molecule has 13 nitrogen and oxygen atoms in total. The quantitative estimate of drug-likeness (QED) is 0.0575. The fraction of sp³-hybridized carbons (Fsp3) is 0.156. The van der Waals surface area contributed by atoms with E-state index in [-0.39, 0.29) is 6.16 Å². The first-order valence-electron chi connectivity index (χ1n) is 15.0. The van der Waals surface area contributed by atoms with Crippen LogP contribution in [-0.4, -0.2) is 71.0 Å². The van der Waals surface area contributed by atoms with E-state index in [4.69, 9.17) is 63.5 Å². The summed E-state index contributed by atoms with van der Waals surface area (Å²) in [4.78, 5) is 18.3. The van der Waals surface area contributed by atoms with Gasteiger partial charge in [0.2, 0.25) is 35.4 Å². The summed E-state index contributed by atoms with van der Waals surface area (Å²) in [5.74, 6) is 2.47. The van der Waals surface area contributed by atoms with Gasteiger partial charge >= 0.3 is 28.8 Å². The van der Waals surface area contributed by atoms with Gasteiger partial charge in [-0.15, -0.1) is 15.3 Å². The van der Waals surface area contributed by atoms with Gasteiger partial charge in [-0.25, -0.2) is 0 Å². The maximum absolute atomic E-state index is 11.2. The Morgan fingerprint density at radius 3 is 1.15 bits per heavy atom. The Labute approximate surface area is 320 Å². The molecule has 0 saturated heterocycles. The van der Waals surface area contributed by atoms with E-state index in [9.17, 15) is 4.57 Å². The largest absolute Gasteiger partial charge is 0.540 e. The second kappa shape index (κ2) is 19.9. The van der Waals surface area contributed by atoms with Gasteiger partial charge in [-0.05, 0) is 107 Å². The van der Waals surface area contributed by atoms with Crippen LogP contribution < -0.4 is 18.3 Å². The molecule has 3 atom stereocenters. The standard InChI is InChI=1S/C32H33N6O7P4S3/c1-36(33-21-25-5-13-29(42-4)14-6-25)46(50)43-30-15-7-26(8-16-30)22-34-37(2)47(51)44-31-17-9-27(10-18-31)23-35-38(3)48(52)45-32-19-11-28(12-20-32)24-49(39,40)41/h5-23H,24H2,1-4H3/q+1/p+2/b33-21-,34-22-,35-23-. The Kier molecular flexibility index (Phi) is 15.7. The molecule has 0 aromatic heterocycles. The number of hydrogen-bond donors (Lipinski definition) is 2. The molecular formula is C32H35N6O7P4S3+3. The number of nitrogens with zero attached hydrogens (tertiary/aromatic N) is 6. The smallest absolute Gasteiger partial charge is 0.497 e. The Balaban J connectivity index is 1.21. The molecule has 0 fully saturated rings. The van der Waals surface area contributed by atoms with Gasteiger partial charge in [0.1, 0.15) is 5.75 Å². The number of hydrazone groups is 3. The van der Waals surface area contributed by atoms with Crippen molar-refractivity contribution in [2.75, 3.05) is 28.3 Å². The van der Waals surface area contributed by atoms with Crippen LogP contribution in [0.5, 0.6) is 23.0 Å². The Morgan fingerprint density at radius 1 is 0.577 bits per heavy atom. The van der Waals surface area contributed by atoms with E-state index in [0.717, 1.165) is 22.4 Å². The molecule has 0 spiro atoms. The summed E-state index contributed by atoms with van der Waals surface area (Å²) in [7, 11) is -1.71. The van der Waals surface area contributed by atoms with Crippen molar-refractivity contribution in [3.8, 4) is 23.0 Å². The van der Waals surface area contributed by atoms with Crippen molar-refractivity contribution in [3.05, 3.63) is 119 Å². The van der Waals surface area contributed by atoms with Crippen LogP contribution in [0, 0.1) is 0 Å². The van der Waals surface area contributed by atoms with E-state index < -0.39 is 28.8 Å². The molecule has 52 heavy (non-hydrogen) atoms. The fourth-order valence-corrected chi connectivity index (χ4v) is 7.35. The predicted octanol–water partition coefficient (Wildman–Crippen LogP) is 7.73. The maximum atomic E-state index is 11.2. The second-order valence-corrected chi connectivity index (χ2v) is 18.7. The van der Waals surface area contributed by atoms with Gasteiger partial charge in [0, 0.05) is 0 Å². The van der Waals surface area contributed by atoms with E-state index in [0.29, 0.717) is 22.8 Å². The van der Waals surface area contributed by atoms with E-state index in [1.165, 1.54) is 4.78 Å². The molecule has 0 radical (unpaired) electrons. The van der Waals surface area contributed by atoms with Crippen LogP contribution in [0.15, 0.2) is 112 Å². The molecule has 270 valence electrons. The molecule has 2 N–H and O–H groups in total. The molecule has 4 aromatic rings. The van der Waals surface area contributed by atoms with Gasteiger partial charge in [-0.3, -0.25) is 18.1 Å². The Hall–Kier alpha value is -3.80. The van der Waals surface area contributed by atoms with Crippen LogP contribution in [0.25, 0.3) is 0 Å². The highest BCUT2D eigenvalue weighted by molar-refractivity contribution is 8.02. The summed E-state index contributed by atoms with van der Waals surface area (Å²) in [5.41, 5.74) is 3.07. The minimum atomic E-state index is -4.14. The van der Waals surface area contributed by atoms with Crippen molar-refractivity contribution in [2.45, 2.75) is 6.16 Å². The molecule has 4 aromatic carbocycles. The highest BCUT2D eigenvalue weighted by Gasteiger charge is 2.23. The lowest BCUT2D eigenvalue weighted by Crippen LogP contribution is -2.04. The van der Waals surface area contributed by atoms with E-state index in [1.54, 1.807) is 92.9 Å². The van der Waals surface area contributed by atoms with Crippen molar-refractivity contribution < 1.29 is 32.7 Å². The lowest BCUT2D eigenvalue weighted by Gasteiger charge is -2.05. The summed E-state index contributed by atoms with van der Waals surface area (Å²) >= 11 is 16.5. The molecule has 3 unspecified atom stereocenters. The molecule has 0 saturated carbocycles. The number of hydrogen-bond acceptors (Lipinski definition) is 11. The maximum Gasteiger partial charge on any atom is 0.540 e. The molecule has 0 amide bonds. The Bertz CT molecular complexity index is 1980. The van der Waals surface area contributed by atoms with Crippen LogP contribution in [-0.2, 0) is 46.1 Å². The van der Waals surface area contributed by atoms with E-state index >= 15 is 0 Å². The first-order chi connectivity index (χ1) is 24.8. The fourth-order valence-electron chi connectivity index (χ4n) is 3.84. The van der Waals surface area contributed by atoms with Gasteiger partial charge in [0.15, 0.2) is 17.2 Å². The third kappa shape index (κ3) is 14.0. The van der Waals surface area contributed by atoms with Gasteiger partial charge in [0.25, 0.3) is 0 Å². The predicted molar refractivity (Wildman–Crippen MR) is 219 cm³/mol. The lowest BCUT2D eigenvalue weighted by molar-refractivity contribution is 0.371. The average Bonchev–Trinajstić information content (AvgIpc) is 3.13. The second-order valence-electron chi connectivity index (χ2n) is 10.6. The van der Waals surface area contributed by atoms with Crippen molar-refractivity contribution in [1.82, 2.24) is 14.3 Å². The van der Waals surface area contributed by atoms with Crippen molar-refractivity contribution in [2.24, 2.45) is 15.3 Å². The molecular weight excluding hydrogens is 800 g/mol. The summed E-state index contributed by atoms with van der Waals surface area (Å²) in [6.07, 6.45) is 4.71. The number of ether oxygens (including phenoxy) is 1. The molecule has 20 heteroatoms. The minimum Gasteiger partial charge on any atom is -0.497 e. The zero-order valence-corrected chi connectivity index (χ0v) is 34.3. The van der Waals surface area contributed by atoms with Gasteiger partial charge in [0.05, 0.1) is 53.1 Å². The topological polar surface area (TPSA) is 141 Å². The van der Waals surface area contributed by atoms with Gasteiger partial charge in [-0.1, -0.05) is 26.5 Å². The third-order valence-electron chi connectivity index (χ3n) is 6.57. The minimum absolute atomic E-state index is 0.337. The van der Waals surface area contributed by atoms with E-state index in [2.05, 4.69) is 15.3 Å². The van der Waals surface area contributed by atoms with E-state index in [1.807, 2.05) is 60.7 Å². The zero-order chi connectivity index (χ0) is 37.7. The summed E-state index contributed by atoms with van der Waals surface area (Å²) in [6, 6.07) is 28.6. The van der Waals surface area contributed by atoms with Crippen molar-refractivity contribution in [3.63, 3.8) is 0 Å². The monoisotopic (exact) mass is 835 g/mol. The molecule has 4 rings (SSSR count). The van der Waals surface area contributed by atoms with Crippen LogP contribution in [0.2, 0.25) is 0 Å². The van der Waals surface area contributed by atoms with Crippen LogP contribution in [0.4, 0.5) is 0 Å². The van der Waals surface area contributed by atoms with Crippen molar-refractivity contribution >= 4 is 82.9 Å². The summed E-state index contributed by atoms with van der Waals surface area (Å²) < 4.78 is 38.7. The SMILES string of the molecule is COc1ccc(/C=N\N(C)[P+](=S)Oc2ccc(/C=N\N(C)[P+](=S)Oc3ccc(/C=N\N(C)[P+](=S)Oc4ccc(CP(=O)(O)O)cc4)cc3)cc2)cc1. The third-order valence-corrected chi connectivity index (χ3v) is 13.0. The highest BCUT2D eigenvalue weighted by atomic mass is 32.4. The first kappa shape index (κ1) is 41.0. The highest BCUT2D eigenvalue weighted by Crippen LogP contribution is 2.40. The molecule has 0 aliphatic heterocycles. The number of methoxy groups -OCH3 is 1. The van der Waals surface area contributed by atoms with Gasteiger partial charge < -0.3 is 14.5 Å². The van der Waals surface area contributed by atoms with Crippen LogP contribution in [0.1, 0.15) is 22.3 Å². The molecule has 0 aliphatic carbocycles. The zero-order valence-electron chi connectivity index (χ0n) is 28.3. The lowest BCUT2D eigenvalue weighted by atomic mass is 10.2. The van der Waals surface area contributed by atoms with Gasteiger partial charge in [-0.2, -0.15) is 0 Å². The Morgan fingerprint density at radius 2 is 0.865 bits per heavy atom. The molecule has 0 aliphatic rings. The first-order valence-corrected chi connectivity index (χ1v) is 23.5.